The molecule has 0 bridgehead atoms. The summed E-state index contributed by atoms with van der Waals surface area (Å²) in [6, 6.07) is 5.36. The molecule has 16 heavy (non-hydrogen) atoms. The fourth-order valence-electron chi connectivity index (χ4n) is 0.940. The van der Waals surface area contributed by atoms with Crippen LogP contribution in [0.5, 0.6) is 5.75 Å². The number of carbonyl (C=O) groups excluding carboxylic acids is 1. The Morgan fingerprint density at radius 3 is 2.50 bits per heavy atom. The van der Waals surface area contributed by atoms with Gasteiger partial charge in [-0.15, -0.1) is 0 Å². The number of rotatable bonds is 4. The average Bonchev–Trinajstić information content (AvgIpc) is 2.26. The van der Waals surface area contributed by atoms with Crippen molar-refractivity contribution in [1.82, 2.24) is 5.32 Å². The van der Waals surface area contributed by atoms with Crippen LogP contribution < -0.4 is 10.1 Å². The third-order valence-corrected chi connectivity index (χ3v) is 1.66. The monoisotopic (exact) mass is 227 g/mol. The van der Waals surface area contributed by atoms with Crippen molar-refractivity contribution in [2.45, 2.75) is 0 Å². The van der Waals surface area contributed by atoms with Gasteiger partial charge in [0.25, 0.3) is 0 Å². The quantitative estimate of drug-likeness (QED) is 0.577. The number of carbonyl (C=O) groups is 2. The van der Waals surface area contributed by atoms with Crippen molar-refractivity contribution >= 4 is 11.9 Å². The van der Waals surface area contributed by atoms with E-state index in [-0.39, 0.29) is 19.0 Å². The van der Waals surface area contributed by atoms with Gasteiger partial charge in [0.05, 0.1) is 6.54 Å². The minimum absolute atomic E-state index is 0.0719. The van der Waals surface area contributed by atoms with Gasteiger partial charge in [-0.25, -0.2) is 9.18 Å². The molecule has 0 unspecified atom stereocenters. The van der Waals surface area contributed by atoms with E-state index in [1.54, 1.807) is 0 Å². The second-order valence-electron chi connectivity index (χ2n) is 2.86. The number of halogens is 1. The maximum absolute atomic E-state index is 12.5. The van der Waals surface area contributed by atoms with Crippen LogP contribution in [0.15, 0.2) is 24.3 Å². The first-order valence-corrected chi connectivity index (χ1v) is 4.49. The topological polar surface area (TPSA) is 75.6 Å². The van der Waals surface area contributed by atoms with Crippen LogP contribution in [0.1, 0.15) is 0 Å². The Bertz CT molecular complexity index is 377. The van der Waals surface area contributed by atoms with Gasteiger partial charge in [0.2, 0.25) is 0 Å². The highest BCUT2D eigenvalue weighted by Crippen LogP contribution is 2.10. The van der Waals surface area contributed by atoms with E-state index in [4.69, 9.17) is 9.84 Å². The van der Waals surface area contributed by atoms with Crippen LogP contribution >= 0.6 is 0 Å². The molecule has 0 fully saturated rings. The van der Waals surface area contributed by atoms with E-state index < -0.39 is 11.9 Å². The smallest absolute Gasteiger partial charge is 0.394 e. The summed E-state index contributed by atoms with van der Waals surface area (Å²) >= 11 is 0. The minimum Gasteiger partial charge on any atom is -0.492 e. The van der Waals surface area contributed by atoms with Gasteiger partial charge in [0.1, 0.15) is 18.2 Å². The molecule has 2 N–H and O–H groups in total. The fourth-order valence-corrected chi connectivity index (χ4v) is 0.940. The number of aliphatic carboxylic acids is 1. The molecule has 1 rings (SSSR count). The number of hydrogen-bond acceptors (Lipinski definition) is 3. The van der Waals surface area contributed by atoms with E-state index in [0.29, 0.717) is 5.75 Å². The molecule has 0 saturated carbocycles. The van der Waals surface area contributed by atoms with Crippen LogP contribution in [0.4, 0.5) is 4.39 Å². The van der Waals surface area contributed by atoms with E-state index in [1.165, 1.54) is 24.3 Å². The summed E-state index contributed by atoms with van der Waals surface area (Å²) in [4.78, 5) is 20.7. The number of nitrogens with one attached hydrogen (secondary N) is 1. The van der Waals surface area contributed by atoms with Crippen molar-refractivity contribution in [2.75, 3.05) is 13.2 Å². The van der Waals surface area contributed by atoms with E-state index in [1.807, 2.05) is 0 Å². The lowest BCUT2D eigenvalue weighted by Crippen LogP contribution is -2.33. The Hall–Kier alpha value is -2.11. The zero-order valence-corrected chi connectivity index (χ0v) is 8.27. The summed E-state index contributed by atoms with van der Waals surface area (Å²) in [7, 11) is 0. The van der Waals surface area contributed by atoms with Gasteiger partial charge in [-0.2, -0.15) is 0 Å². The van der Waals surface area contributed by atoms with Gasteiger partial charge in [0.15, 0.2) is 0 Å². The molecule has 1 aromatic rings. The molecule has 6 heteroatoms. The molecule has 5 nitrogen and oxygen atoms in total. The van der Waals surface area contributed by atoms with Gasteiger partial charge in [-0.1, -0.05) is 0 Å². The molecular weight excluding hydrogens is 217 g/mol. The van der Waals surface area contributed by atoms with Gasteiger partial charge in [-0.05, 0) is 24.3 Å². The summed E-state index contributed by atoms with van der Waals surface area (Å²) < 4.78 is 17.6. The summed E-state index contributed by atoms with van der Waals surface area (Å²) in [5.41, 5.74) is 0. The molecule has 1 amide bonds. The zero-order chi connectivity index (χ0) is 12.0. The number of ether oxygens (including phenoxy) is 1. The highest BCUT2D eigenvalue weighted by atomic mass is 19.1. The predicted molar refractivity (Wildman–Crippen MR) is 52.5 cm³/mol. The first-order valence-electron chi connectivity index (χ1n) is 4.49. The molecule has 0 radical (unpaired) electrons. The molecule has 0 spiro atoms. The van der Waals surface area contributed by atoms with Crippen molar-refractivity contribution in [1.29, 1.82) is 0 Å². The van der Waals surface area contributed by atoms with Crippen molar-refractivity contribution < 1.29 is 23.8 Å². The molecule has 0 heterocycles. The maximum atomic E-state index is 12.5. The van der Waals surface area contributed by atoms with Gasteiger partial charge < -0.3 is 15.2 Å². The lowest BCUT2D eigenvalue weighted by atomic mass is 10.3. The fraction of sp³-hybridized carbons (Fsp3) is 0.200. The van der Waals surface area contributed by atoms with Crippen LogP contribution in [0, 0.1) is 5.82 Å². The van der Waals surface area contributed by atoms with Crippen LogP contribution in [-0.2, 0) is 9.59 Å². The molecular formula is C10H10FNO4. The summed E-state index contributed by atoms with van der Waals surface area (Å²) in [6.07, 6.45) is 0. The SMILES string of the molecule is O=C(O)C(=O)NCCOc1ccc(F)cc1. The Kier molecular flexibility index (Phi) is 4.26. The van der Waals surface area contributed by atoms with Crippen molar-refractivity contribution in [3.05, 3.63) is 30.1 Å². The Morgan fingerprint density at radius 1 is 1.31 bits per heavy atom. The van der Waals surface area contributed by atoms with Crippen LogP contribution in [-0.4, -0.2) is 30.1 Å². The average molecular weight is 227 g/mol. The molecule has 0 saturated heterocycles. The number of hydrogen-bond donors (Lipinski definition) is 2. The summed E-state index contributed by atoms with van der Waals surface area (Å²) in [5, 5.41) is 10.4. The Labute approximate surface area is 90.8 Å². The van der Waals surface area contributed by atoms with Crippen molar-refractivity contribution in [3.63, 3.8) is 0 Å². The zero-order valence-electron chi connectivity index (χ0n) is 8.27. The van der Waals surface area contributed by atoms with Crippen LogP contribution in [0.25, 0.3) is 0 Å². The van der Waals surface area contributed by atoms with E-state index in [2.05, 4.69) is 5.32 Å². The Morgan fingerprint density at radius 2 is 1.94 bits per heavy atom. The van der Waals surface area contributed by atoms with E-state index >= 15 is 0 Å². The first-order chi connectivity index (χ1) is 7.59. The molecule has 86 valence electrons. The second-order valence-corrected chi connectivity index (χ2v) is 2.86. The summed E-state index contributed by atoms with van der Waals surface area (Å²) in [5.74, 6) is -2.54. The molecule has 0 atom stereocenters. The molecule has 0 aliphatic heterocycles. The largest absolute Gasteiger partial charge is 0.492 e. The van der Waals surface area contributed by atoms with Crippen molar-refractivity contribution in [2.24, 2.45) is 0 Å². The predicted octanol–water partition coefficient (Wildman–Crippen LogP) is 0.405. The van der Waals surface area contributed by atoms with E-state index in [9.17, 15) is 14.0 Å². The first kappa shape index (κ1) is 12.0. The third-order valence-electron chi connectivity index (χ3n) is 1.66. The summed E-state index contributed by atoms with van der Waals surface area (Å²) in [6.45, 7) is 0.188. The molecule has 0 aromatic heterocycles. The molecule has 1 aromatic carbocycles. The van der Waals surface area contributed by atoms with Crippen LogP contribution in [0.2, 0.25) is 0 Å². The standard InChI is InChI=1S/C10H10FNO4/c11-7-1-3-8(4-2-7)16-6-5-12-9(13)10(14)15/h1-4H,5-6H2,(H,12,13)(H,14,15). The number of carboxylic acids is 1. The lowest BCUT2D eigenvalue weighted by Gasteiger charge is -2.05. The lowest BCUT2D eigenvalue weighted by molar-refractivity contribution is -0.150. The maximum Gasteiger partial charge on any atom is 0.394 e. The molecule has 0 aliphatic carbocycles. The Balaban J connectivity index is 2.23. The van der Waals surface area contributed by atoms with Crippen molar-refractivity contribution in [3.8, 4) is 5.75 Å². The van der Waals surface area contributed by atoms with E-state index in [0.717, 1.165) is 0 Å². The highest BCUT2D eigenvalue weighted by Gasteiger charge is 2.08. The van der Waals surface area contributed by atoms with Gasteiger partial charge >= 0.3 is 11.9 Å². The van der Waals surface area contributed by atoms with Crippen LogP contribution in [0.3, 0.4) is 0 Å². The van der Waals surface area contributed by atoms with Gasteiger partial charge in [0, 0.05) is 0 Å². The number of carboxylic acid groups (broad SMARTS) is 1. The second kappa shape index (κ2) is 5.69. The normalized spacial score (nSPS) is 9.56. The van der Waals surface area contributed by atoms with Gasteiger partial charge in [-0.3, -0.25) is 4.79 Å². The highest BCUT2D eigenvalue weighted by molar-refractivity contribution is 6.31. The number of benzene rings is 1. The third kappa shape index (κ3) is 3.95. The molecule has 0 aliphatic rings. The number of amides is 1. The minimum atomic E-state index is -1.54.